The maximum Gasteiger partial charge on any atom is 0.490 e. The molecule has 40 heavy (non-hydrogen) atoms. The Kier molecular flexibility index (Phi) is 13.4. The molecule has 1 aromatic carbocycles. The number of ether oxygens (including phenoxy) is 3. The van der Waals surface area contributed by atoms with Gasteiger partial charge in [-0.05, 0) is 18.9 Å². The minimum atomic E-state index is -5.08. The van der Waals surface area contributed by atoms with Crippen molar-refractivity contribution in [3.8, 4) is 0 Å². The fraction of sp³-hybridized carbons (Fsp3) is 0.545. The molecular weight excluding hydrogens is 567 g/mol. The molecule has 1 saturated heterocycles. The van der Waals surface area contributed by atoms with E-state index in [4.69, 9.17) is 20.4 Å². The zero-order valence-corrected chi connectivity index (χ0v) is 20.6. The normalized spacial score (nSPS) is 18.7. The van der Waals surface area contributed by atoms with Crippen LogP contribution in [0.2, 0.25) is 0 Å². The molecule has 0 saturated carbocycles. The van der Waals surface area contributed by atoms with Gasteiger partial charge in [-0.15, -0.1) is 0 Å². The van der Waals surface area contributed by atoms with Gasteiger partial charge in [0, 0.05) is 0 Å². The molecule has 0 unspecified atom stereocenters. The molecule has 1 aliphatic rings. The Morgan fingerprint density at radius 1 is 0.975 bits per heavy atom. The van der Waals surface area contributed by atoms with E-state index in [-0.39, 0.29) is 13.0 Å². The molecule has 18 heteroatoms. The Hall–Kier alpha value is -3.35. The quantitative estimate of drug-likeness (QED) is 0.182. The van der Waals surface area contributed by atoms with E-state index in [0.717, 1.165) is 0 Å². The first-order chi connectivity index (χ1) is 18.5. The Labute approximate surface area is 222 Å². The summed E-state index contributed by atoms with van der Waals surface area (Å²) in [6.45, 7) is -6.58. The highest BCUT2D eigenvalue weighted by Crippen LogP contribution is 2.29. The van der Waals surface area contributed by atoms with Gasteiger partial charge in [0.15, 0.2) is 5.78 Å². The highest BCUT2D eigenvalue weighted by atomic mass is 19.4. The number of ketones is 1. The van der Waals surface area contributed by atoms with E-state index in [1.54, 1.807) is 37.3 Å². The molecule has 1 aromatic rings. The highest BCUT2D eigenvalue weighted by Gasteiger charge is 2.50. The molecule has 0 aliphatic carbocycles. The Morgan fingerprint density at radius 3 is 1.90 bits per heavy atom. The fourth-order valence-electron chi connectivity index (χ4n) is 2.83. The van der Waals surface area contributed by atoms with Crippen molar-refractivity contribution in [3.05, 3.63) is 35.9 Å². The minimum Gasteiger partial charge on any atom is -0.475 e. The molecule has 1 fully saturated rings. The molecule has 1 aliphatic heterocycles. The summed E-state index contributed by atoms with van der Waals surface area (Å²) in [6.07, 6.45) is -5.01. The minimum absolute atomic E-state index is 0.0719. The second-order valence-electron chi connectivity index (χ2n) is 8.29. The Morgan fingerprint density at radius 2 is 1.45 bits per heavy atom. The molecule has 5 N–H and O–H groups in total. The summed E-state index contributed by atoms with van der Waals surface area (Å²) in [6, 6.07) is 4.28. The smallest absolute Gasteiger partial charge is 0.475 e. The van der Waals surface area contributed by atoms with Crippen molar-refractivity contribution in [2.75, 3.05) is 19.8 Å². The topological polar surface area (TPSA) is 170 Å². The average Bonchev–Trinajstić information content (AvgIpc) is 3.62. The summed E-state index contributed by atoms with van der Waals surface area (Å²) < 4.78 is 94.3. The molecule has 226 valence electrons. The Bertz CT molecular complexity index is 994. The van der Waals surface area contributed by atoms with Crippen molar-refractivity contribution in [2.24, 2.45) is 5.73 Å². The molecule has 0 spiro atoms. The number of amides is 2. The van der Waals surface area contributed by atoms with Gasteiger partial charge in [-0.3, -0.25) is 14.4 Å². The number of carboxylic acids is 1. The average molecular weight is 593 g/mol. The van der Waals surface area contributed by atoms with Crippen molar-refractivity contribution in [1.82, 2.24) is 10.6 Å². The number of rotatable bonds is 14. The van der Waals surface area contributed by atoms with Crippen LogP contribution in [0.15, 0.2) is 30.3 Å². The monoisotopic (exact) mass is 593 g/mol. The lowest BCUT2D eigenvalue weighted by molar-refractivity contribution is -0.192. The molecule has 1 heterocycles. The molecule has 0 aromatic heterocycles. The van der Waals surface area contributed by atoms with Crippen LogP contribution in [0.5, 0.6) is 0 Å². The van der Waals surface area contributed by atoms with E-state index >= 15 is 0 Å². The number of hydrogen-bond acceptors (Lipinski definition) is 8. The number of halogens is 7. The lowest BCUT2D eigenvalue weighted by Gasteiger charge is -2.25. The molecule has 4 atom stereocenters. The maximum atomic E-state index is 12.8. The van der Waals surface area contributed by atoms with E-state index in [9.17, 15) is 45.1 Å². The summed E-state index contributed by atoms with van der Waals surface area (Å²) in [5.41, 5.74) is 5.03. The van der Waals surface area contributed by atoms with Crippen LogP contribution in [0.3, 0.4) is 0 Å². The number of aliphatic carboxylic acids is 1. The van der Waals surface area contributed by atoms with Crippen LogP contribution in [0.1, 0.15) is 12.5 Å². The van der Waals surface area contributed by atoms with Crippen LogP contribution >= 0.6 is 0 Å². The van der Waals surface area contributed by atoms with E-state index in [2.05, 4.69) is 20.1 Å². The number of alkyl halides is 7. The first kappa shape index (κ1) is 34.7. The van der Waals surface area contributed by atoms with Gasteiger partial charge in [-0.2, -0.15) is 30.7 Å². The second kappa shape index (κ2) is 15.4. The maximum absolute atomic E-state index is 12.8. The number of hydrogen-bond donors (Lipinski definition) is 4. The van der Waals surface area contributed by atoms with Crippen molar-refractivity contribution >= 4 is 23.6 Å². The number of epoxide rings is 1. The van der Waals surface area contributed by atoms with Crippen LogP contribution in [-0.4, -0.2) is 91.6 Å². The highest BCUT2D eigenvalue weighted by molar-refractivity contribution is 5.98. The number of carbonyl (C=O) groups is 4. The molecule has 2 amide bonds. The predicted molar refractivity (Wildman–Crippen MR) is 119 cm³/mol. The lowest BCUT2D eigenvalue weighted by atomic mass is 9.94. The van der Waals surface area contributed by atoms with Crippen molar-refractivity contribution < 1.29 is 69.2 Å². The number of nitrogens with two attached hydrogens (primary N) is 1. The summed E-state index contributed by atoms with van der Waals surface area (Å²) >= 11 is 0. The number of benzene rings is 1. The van der Waals surface area contributed by atoms with Crippen molar-refractivity contribution in [1.29, 1.82) is 0 Å². The van der Waals surface area contributed by atoms with Crippen molar-refractivity contribution in [3.63, 3.8) is 0 Å². The third-order valence-corrected chi connectivity index (χ3v) is 5.02. The van der Waals surface area contributed by atoms with Gasteiger partial charge >= 0.3 is 25.4 Å². The number of carboxylic acid groups (broad SMARTS) is 1. The molecule has 0 radical (unpaired) electrons. The molecule has 0 bridgehead atoms. The predicted octanol–water partition coefficient (Wildman–Crippen LogP) is 0.996. The van der Waals surface area contributed by atoms with Crippen LogP contribution in [0.25, 0.3) is 0 Å². The van der Waals surface area contributed by atoms with Gasteiger partial charge in [0.05, 0.1) is 25.9 Å². The Balaban J connectivity index is 0.00000101. The van der Waals surface area contributed by atoms with E-state index < -0.39 is 79.9 Å². The number of carbonyl (C=O) groups excluding carboxylic acids is 3. The summed E-state index contributed by atoms with van der Waals surface area (Å²) in [4.78, 5) is 46.7. The van der Waals surface area contributed by atoms with Gasteiger partial charge in [-0.25, -0.2) is 4.79 Å². The third kappa shape index (κ3) is 12.7. The summed E-state index contributed by atoms with van der Waals surface area (Å²) in [7, 11) is 0. The summed E-state index contributed by atoms with van der Waals surface area (Å²) in [5, 5.41) is 11.6. The number of Topliss-reactive ketones (excluding diaryl/α,β-unsaturated/α-hetero) is 1. The molecule has 2 rings (SSSR count). The SMILES string of the molecule is C[C@]1(C(=O)[C@H](Cc2ccccc2)NC(=O)[C@H](COC(F)F)NC(=O)[C@@H](N)COC(F)F)CO1.O=C(O)C(F)(F)F. The first-order valence-electron chi connectivity index (χ1n) is 11.1. The van der Waals surface area contributed by atoms with Crippen LogP contribution in [0.4, 0.5) is 30.7 Å². The fourth-order valence-corrected chi connectivity index (χ4v) is 2.83. The van der Waals surface area contributed by atoms with Crippen LogP contribution < -0.4 is 16.4 Å². The van der Waals surface area contributed by atoms with Gasteiger partial charge in [-0.1, -0.05) is 30.3 Å². The van der Waals surface area contributed by atoms with E-state index in [0.29, 0.717) is 5.56 Å². The third-order valence-electron chi connectivity index (χ3n) is 5.02. The largest absolute Gasteiger partial charge is 0.490 e. The zero-order chi connectivity index (χ0) is 30.7. The lowest BCUT2D eigenvalue weighted by Crippen LogP contribution is -2.58. The van der Waals surface area contributed by atoms with Gasteiger partial charge in [0.2, 0.25) is 11.8 Å². The van der Waals surface area contributed by atoms with E-state index in [1.165, 1.54) is 0 Å². The van der Waals surface area contributed by atoms with Crippen LogP contribution in [-0.2, 0) is 39.8 Å². The standard InChI is InChI=1S/C20H25F4N3O6.C2HF3O2/c1-20(10-33-20)15(28)13(7-11-5-3-2-4-6-11)26-17(30)14(9-32-19(23)24)27-16(29)12(25)8-31-18(21)22;3-2(4,5)1(6)7/h2-6,12-14,18-19H,7-10,25H2,1H3,(H,26,30)(H,27,29);(H,6,7)/t12-,13-,14-,20+;/m0./s1. The molecular formula is C22H26F7N3O8. The summed E-state index contributed by atoms with van der Waals surface area (Å²) in [5.74, 6) is -5.32. The van der Waals surface area contributed by atoms with Crippen molar-refractivity contribution in [2.45, 2.75) is 56.5 Å². The zero-order valence-electron chi connectivity index (χ0n) is 20.6. The van der Waals surface area contributed by atoms with Crippen LogP contribution in [0, 0.1) is 0 Å². The first-order valence-corrected chi connectivity index (χ1v) is 11.1. The van der Waals surface area contributed by atoms with Gasteiger partial charge in [0.1, 0.15) is 17.7 Å². The van der Waals surface area contributed by atoms with Gasteiger partial charge < -0.3 is 35.7 Å². The van der Waals surface area contributed by atoms with E-state index in [1.807, 2.05) is 0 Å². The number of nitrogens with one attached hydrogen (secondary N) is 2. The van der Waals surface area contributed by atoms with Gasteiger partial charge in [0.25, 0.3) is 0 Å². The molecule has 11 nitrogen and oxygen atoms in total. The second-order valence-corrected chi connectivity index (χ2v) is 8.29.